The molecule has 1 aliphatic carbocycles. The van der Waals surface area contributed by atoms with Gasteiger partial charge in [0.15, 0.2) is 0 Å². The predicted molar refractivity (Wildman–Crippen MR) is 99.7 cm³/mol. The molecule has 1 aliphatic rings. The zero-order valence-corrected chi connectivity index (χ0v) is 14.7. The number of benzene rings is 1. The van der Waals surface area contributed by atoms with Gasteiger partial charge in [-0.05, 0) is 61.1 Å². The van der Waals surface area contributed by atoms with E-state index < -0.39 is 11.6 Å². The van der Waals surface area contributed by atoms with E-state index in [1.54, 1.807) is 6.20 Å². The maximum Gasteiger partial charge on any atom is 0.133 e. The van der Waals surface area contributed by atoms with Crippen molar-refractivity contribution in [1.82, 2.24) is 9.78 Å². The summed E-state index contributed by atoms with van der Waals surface area (Å²) < 4.78 is 30.6. The first-order chi connectivity index (χ1) is 12.6. The zero-order valence-electron chi connectivity index (χ0n) is 14.7. The van der Waals surface area contributed by atoms with Crippen LogP contribution in [-0.2, 0) is 13.5 Å². The standard InChI is InChI=1S/C20H22F2N4/c1-26-20(7-9-25-26)16-5-2-4-15(16)10-14-11-18(21)17(19(22)12-14)6-3-8-24-13-23/h3,6-9,11-13,15-16,23H,2,4-5,10H2,1H3/b6-3+,23-13?,24-8?. The fourth-order valence-corrected chi connectivity index (χ4v) is 3.87. The Hall–Kier alpha value is -2.63. The summed E-state index contributed by atoms with van der Waals surface area (Å²) in [5.74, 6) is -0.403. The average molecular weight is 356 g/mol. The van der Waals surface area contributed by atoms with Crippen LogP contribution in [0.25, 0.3) is 6.08 Å². The molecule has 6 heteroatoms. The van der Waals surface area contributed by atoms with Crippen LogP contribution in [0.2, 0.25) is 0 Å². The molecule has 1 heterocycles. The molecule has 136 valence electrons. The normalized spacial score (nSPS) is 20.4. The third-order valence-corrected chi connectivity index (χ3v) is 5.04. The number of halogens is 2. The minimum absolute atomic E-state index is 0.0835. The van der Waals surface area contributed by atoms with Gasteiger partial charge in [0.25, 0.3) is 0 Å². The third kappa shape index (κ3) is 3.95. The van der Waals surface area contributed by atoms with Crippen molar-refractivity contribution >= 4 is 18.6 Å². The van der Waals surface area contributed by atoms with Gasteiger partial charge in [0.2, 0.25) is 0 Å². The molecule has 1 aromatic carbocycles. The maximum atomic E-state index is 14.3. The first kappa shape index (κ1) is 18.2. The molecule has 3 rings (SSSR count). The summed E-state index contributed by atoms with van der Waals surface area (Å²) in [4.78, 5) is 3.55. The van der Waals surface area contributed by atoms with E-state index in [9.17, 15) is 8.78 Å². The summed E-state index contributed by atoms with van der Waals surface area (Å²) in [5, 5.41) is 11.0. The van der Waals surface area contributed by atoms with Crippen molar-refractivity contribution in [2.75, 3.05) is 0 Å². The fourth-order valence-electron chi connectivity index (χ4n) is 3.87. The van der Waals surface area contributed by atoms with Crippen LogP contribution in [-0.4, -0.2) is 22.3 Å². The maximum absolute atomic E-state index is 14.3. The van der Waals surface area contributed by atoms with Gasteiger partial charge in [-0.3, -0.25) is 10.1 Å². The molecular formula is C20H22F2N4. The molecule has 1 N–H and O–H groups in total. The predicted octanol–water partition coefficient (Wildman–Crippen LogP) is 4.52. The highest BCUT2D eigenvalue weighted by molar-refractivity contribution is 5.83. The monoisotopic (exact) mass is 356 g/mol. The summed E-state index contributed by atoms with van der Waals surface area (Å²) in [6.07, 6.45) is 10.6. The lowest BCUT2D eigenvalue weighted by atomic mass is 9.87. The highest BCUT2D eigenvalue weighted by Crippen LogP contribution is 2.41. The number of hydrogen-bond acceptors (Lipinski definition) is 2. The molecule has 4 nitrogen and oxygen atoms in total. The topological polar surface area (TPSA) is 54.0 Å². The number of rotatable bonds is 6. The number of aromatic nitrogens is 2. The molecule has 0 saturated heterocycles. The zero-order chi connectivity index (χ0) is 18.5. The van der Waals surface area contributed by atoms with Crippen molar-refractivity contribution in [2.24, 2.45) is 18.0 Å². The van der Waals surface area contributed by atoms with Gasteiger partial charge in [-0.25, -0.2) is 13.8 Å². The van der Waals surface area contributed by atoms with E-state index in [4.69, 9.17) is 5.41 Å². The van der Waals surface area contributed by atoms with Crippen LogP contribution in [0, 0.1) is 23.0 Å². The Morgan fingerprint density at radius 2 is 2.08 bits per heavy atom. The van der Waals surface area contributed by atoms with Gasteiger partial charge in [-0.2, -0.15) is 5.10 Å². The SMILES string of the molecule is Cn1nccc1C1CCCC1Cc1cc(F)c(/C=C/C=NC=N)c(F)c1. The molecule has 2 atom stereocenters. The van der Waals surface area contributed by atoms with E-state index in [0.717, 1.165) is 25.6 Å². The Morgan fingerprint density at radius 1 is 1.31 bits per heavy atom. The summed E-state index contributed by atoms with van der Waals surface area (Å²) in [6.45, 7) is 0. The van der Waals surface area contributed by atoms with Crippen LogP contribution < -0.4 is 0 Å². The number of aryl methyl sites for hydroxylation is 1. The van der Waals surface area contributed by atoms with E-state index in [1.807, 2.05) is 17.8 Å². The molecule has 0 spiro atoms. The molecule has 0 amide bonds. The molecule has 2 unspecified atom stereocenters. The van der Waals surface area contributed by atoms with Crippen molar-refractivity contribution < 1.29 is 8.78 Å². The highest BCUT2D eigenvalue weighted by Gasteiger charge is 2.30. The fraction of sp³-hybridized carbons (Fsp3) is 0.350. The van der Waals surface area contributed by atoms with E-state index in [1.165, 1.54) is 36.2 Å². The van der Waals surface area contributed by atoms with Gasteiger partial charge in [0.05, 0.1) is 0 Å². The van der Waals surface area contributed by atoms with Gasteiger partial charge in [0.1, 0.15) is 18.0 Å². The number of allylic oxidation sites excluding steroid dienone is 1. The highest BCUT2D eigenvalue weighted by atomic mass is 19.1. The lowest BCUT2D eigenvalue weighted by Crippen LogP contribution is -2.13. The smallest absolute Gasteiger partial charge is 0.133 e. The Morgan fingerprint density at radius 3 is 2.73 bits per heavy atom. The summed E-state index contributed by atoms with van der Waals surface area (Å²) in [7, 11) is 1.94. The second-order valence-electron chi connectivity index (χ2n) is 6.64. The van der Waals surface area contributed by atoms with Crippen LogP contribution in [0.3, 0.4) is 0 Å². The van der Waals surface area contributed by atoms with Crippen LogP contribution in [0.15, 0.2) is 35.5 Å². The molecule has 1 saturated carbocycles. The molecule has 1 aromatic heterocycles. The molecule has 2 aromatic rings. The minimum Gasteiger partial charge on any atom is -0.290 e. The Kier molecular flexibility index (Phi) is 5.71. The Bertz CT molecular complexity index is 815. The summed E-state index contributed by atoms with van der Waals surface area (Å²) >= 11 is 0. The van der Waals surface area contributed by atoms with E-state index in [-0.39, 0.29) is 5.56 Å². The summed E-state index contributed by atoms with van der Waals surface area (Å²) in [6, 6.07) is 4.89. The number of aliphatic imine (C=N–C) groups is 1. The molecule has 1 fully saturated rings. The molecule has 0 radical (unpaired) electrons. The van der Waals surface area contributed by atoms with Crippen molar-refractivity contribution in [2.45, 2.75) is 31.6 Å². The molecule has 26 heavy (non-hydrogen) atoms. The Balaban J connectivity index is 1.78. The second kappa shape index (κ2) is 8.17. The third-order valence-electron chi connectivity index (χ3n) is 5.04. The van der Waals surface area contributed by atoms with E-state index in [0.29, 0.717) is 23.8 Å². The number of nitrogens with one attached hydrogen (secondary N) is 1. The lowest BCUT2D eigenvalue weighted by molar-refractivity contribution is 0.455. The molecule has 0 aliphatic heterocycles. The lowest BCUT2D eigenvalue weighted by Gasteiger charge is -2.20. The largest absolute Gasteiger partial charge is 0.290 e. The van der Waals surface area contributed by atoms with E-state index >= 15 is 0 Å². The first-order valence-corrected chi connectivity index (χ1v) is 8.74. The number of hydrogen-bond donors (Lipinski definition) is 1. The van der Waals surface area contributed by atoms with Gasteiger partial charge < -0.3 is 0 Å². The van der Waals surface area contributed by atoms with Crippen molar-refractivity contribution in [3.05, 3.63) is 58.9 Å². The Labute approximate surface area is 151 Å². The van der Waals surface area contributed by atoms with Crippen LogP contribution in [0.5, 0.6) is 0 Å². The first-order valence-electron chi connectivity index (χ1n) is 8.74. The summed E-state index contributed by atoms with van der Waals surface area (Å²) in [5.41, 5.74) is 1.79. The van der Waals surface area contributed by atoms with Crippen molar-refractivity contribution in [3.8, 4) is 0 Å². The van der Waals surface area contributed by atoms with Crippen molar-refractivity contribution in [1.29, 1.82) is 5.41 Å². The van der Waals surface area contributed by atoms with Gasteiger partial charge in [0, 0.05) is 36.6 Å². The average Bonchev–Trinajstić information content (AvgIpc) is 3.22. The van der Waals surface area contributed by atoms with Crippen LogP contribution >= 0.6 is 0 Å². The minimum atomic E-state index is -0.574. The van der Waals surface area contributed by atoms with E-state index in [2.05, 4.69) is 10.1 Å². The van der Waals surface area contributed by atoms with Crippen LogP contribution in [0.4, 0.5) is 8.78 Å². The van der Waals surface area contributed by atoms with Gasteiger partial charge >= 0.3 is 0 Å². The quantitative estimate of drug-likeness (QED) is 0.601. The van der Waals surface area contributed by atoms with Crippen molar-refractivity contribution in [3.63, 3.8) is 0 Å². The van der Waals surface area contributed by atoms with Crippen LogP contribution in [0.1, 0.15) is 42.0 Å². The molecule has 0 bridgehead atoms. The molecular weight excluding hydrogens is 334 g/mol. The van der Waals surface area contributed by atoms with Gasteiger partial charge in [-0.15, -0.1) is 0 Å². The second-order valence-corrected chi connectivity index (χ2v) is 6.64. The number of nitrogens with zero attached hydrogens (tertiary/aromatic N) is 3. The van der Waals surface area contributed by atoms with Gasteiger partial charge in [-0.1, -0.05) is 6.42 Å².